The van der Waals surface area contributed by atoms with E-state index in [0.29, 0.717) is 34.7 Å². The van der Waals surface area contributed by atoms with Crippen LogP contribution < -0.4 is 5.32 Å². The molecule has 2 bridgehead atoms. The zero-order valence-electron chi connectivity index (χ0n) is 12.3. The molecule has 21 heavy (non-hydrogen) atoms. The minimum absolute atomic E-state index is 0.140. The Hall–Kier alpha value is -0.480. The van der Waals surface area contributed by atoms with Crippen molar-refractivity contribution >= 4 is 23.2 Å². The summed E-state index contributed by atoms with van der Waals surface area (Å²) in [5, 5.41) is 14.5. The van der Waals surface area contributed by atoms with Crippen molar-refractivity contribution in [2.24, 2.45) is 0 Å². The van der Waals surface area contributed by atoms with E-state index in [1.807, 2.05) is 0 Å². The van der Waals surface area contributed by atoms with E-state index >= 15 is 0 Å². The predicted molar refractivity (Wildman–Crippen MR) is 87.2 cm³/mol. The Bertz CT molecular complexity index is 509. The van der Waals surface area contributed by atoms with E-state index in [9.17, 15) is 5.11 Å². The Morgan fingerprint density at radius 1 is 1.24 bits per heavy atom. The van der Waals surface area contributed by atoms with Crippen LogP contribution in [0.2, 0.25) is 10.0 Å². The van der Waals surface area contributed by atoms with Gasteiger partial charge >= 0.3 is 0 Å². The fraction of sp³-hybridized carbons (Fsp3) is 0.625. The van der Waals surface area contributed by atoms with Gasteiger partial charge in [-0.25, -0.2) is 0 Å². The molecule has 2 saturated heterocycles. The number of hydrogen-bond acceptors (Lipinski definition) is 3. The van der Waals surface area contributed by atoms with Crippen LogP contribution in [0.1, 0.15) is 37.7 Å². The van der Waals surface area contributed by atoms with Gasteiger partial charge in [0.1, 0.15) is 5.75 Å². The molecule has 2 aliphatic heterocycles. The smallest absolute Gasteiger partial charge is 0.138 e. The molecule has 3 rings (SSSR count). The lowest BCUT2D eigenvalue weighted by atomic mass is 9.82. The van der Waals surface area contributed by atoms with Crippen LogP contribution in [0.15, 0.2) is 12.1 Å². The Labute approximate surface area is 136 Å². The van der Waals surface area contributed by atoms with Gasteiger partial charge in [0.2, 0.25) is 0 Å². The summed E-state index contributed by atoms with van der Waals surface area (Å²) in [7, 11) is 2.26. The molecule has 1 aromatic carbocycles. The van der Waals surface area contributed by atoms with Crippen LogP contribution in [0.4, 0.5) is 0 Å². The van der Waals surface area contributed by atoms with E-state index < -0.39 is 0 Å². The molecule has 1 aromatic rings. The molecule has 3 nitrogen and oxygen atoms in total. The van der Waals surface area contributed by atoms with Crippen LogP contribution in [0.25, 0.3) is 0 Å². The monoisotopic (exact) mass is 328 g/mol. The molecule has 2 heterocycles. The highest BCUT2D eigenvalue weighted by molar-refractivity contribution is 6.35. The number of phenolic OH excluding ortho intramolecular Hbond substituents is 1. The second-order valence-electron chi connectivity index (χ2n) is 6.35. The first kappa shape index (κ1) is 15.4. The maximum absolute atomic E-state index is 10.0. The number of piperidine rings is 2. The van der Waals surface area contributed by atoms with Crippen molar-refractivity contribution in [1.29, 1.82) is 0 Å². The molecule has 116 valence electrons. The molecular weight excluding hydrogens is 307 g/mol. The first-order chi connectivity index (χ1) is 10.0. The van der Waals surface area contributed by atoms with Gasteiger partial charge in [-0.05, 0) is 44.9 Å². The third-order valence-electron chi connectivity index (χ3n) is 5.03. The third kappa shape index (κ3) is 3.31. The fourth-order valence-electron chi connectivity index (χ4n) is 3.79. The number of aromatic hydroxyl groups is 1. The molecular formula is C16H22Cl2N2O. The molecule has 2 aliphatic rings. The third-order valence-corrected chi connectivity index (χ3v) is 5.53. The molecule has 0 spiro atoms. The largest absolute Gasteiger partial charge is 0.506 e. The average molecular weight is 329 g/mol. The quantitative estimate of drug-likeness (QED) is 0.885. The molecule has 0 aliphatic carbocycles. The highest BCUT2D eigenvalue weighted by Gasteiger charge is 2.35. The van der Waals surface area contributed by atoms with Gasteiger partial charge in [0.05, 0.1) is 5.02 Å². The highest BCUT2D eigenvalue weighted by Crippen LogP contribution is 2.34. The zero-order valence-corrected chi connectivity index (χ0v) is 13.8. The van der Waals surface area contributed by atoms with Crippen molar-refractivity contribution in [3.8, 4) is 5.75 Å². The summed E-state index contributed by atoms with van der Waals surface area (Å²) in [6, 6.07) is 5.26. The van der Waals surface area contributed by atoms with Gasteiger partial charge in [0, 0.05) is 35.3 Å². The van der Waals surface area contributed by atoms with Gasteiger partial charge < -0.3 is 15.3 Å². The fourth-order valence-corrected chi connectivity index (χ4v) is 4.33. The minimum atomic E-state index is 0.140. The van der Waals surface area contributed by atoms with E-state index in [0.717, 1.165) is 5.56 Å². The van der Waals surface area contributed by atoms with Crippen molar-refractivity contribution in [1.82, 2.24) is 10.2 Å². The van der Waals surface area contributed by atoms with Gasteiger partial charge in [-0.1, -0.05) is 29.6 Å². The van der Waals surface area contributed by atoms with Crippen molar-refractivity contribution in [3.63, 3.8) is 0 Å². The number of benzene rings is 1. The van der Waals surface area contributed by atoms with Crippen molar-refractivity contribution in [3.05, 3.63) is 27.7 Å². The van der Waals surface area contributed by atoms with E-state index in [4.69, 9.17) is 23.2 Å². The first-order valence-electron chi connectivity index (χ1n) is 7.67. The Morgan fingerprint density at radius 3 is 2.57 bits per heavy atom. The summed E-state index contributed by atoms with van der Waals surface area (Å²) in [5.41, 5.74) is 0.775. The van der Waals surface area contributed by atoms with Crippen LogP contribution >= 0.6 is 23.2 Å². The lowest BCUT2D eigenvalue weighted by Gasteiger charge is -2.47. The molecule has 2 unspecified atom stereocenters. The summed E-state index contributed by atoms with van der Waals surface area (Å²) in [4.78, 5) is 2.55. The van der Waals surface area contributed by atoms with E-state index in [1.54, 1.807) is 12.1 Å². The maximum Gasteiger partial charge on any atom is 0.138 e. The number of phenols is 1. The van der Waals surface area contributed by atoms with Gasteiger partial charge in [0.25, 0.3) is 0 Å². The summed E-state index contributed by atoms with van der Waals surface area (Å²) >= 11 is 12.0. The SMILES string of the molecule is CN1C2CCCC1CC(NCc1cc(Cl)cc(Cl)c1O)C2. The van der Waals surface area contributed by atoms with Crippen LogP contribution in [0.3, 0.4) is 0 Å². The van der Waals surface area contributed by atoms with E-state index in [1.165, 1.54) is 32.1 Å². The average Bonchev–Trinajstić information content (AvgIpc) is 2.41. The molecule has 0 aromatic heterocycles. The molecule has 2 atom stereocenters. The minimum Gasteiger partial charge on any atom is -0.506 e. The normalized spacial score (nSPS) is 29.6. The van der Waals surface area contributed by atoms with Crippen molar-refractivity contribution in [2.75, 3.05) is 7.05 Å². The van der Waals surface area contributed by atoms with Crippen molar-refractivity contribution in [2.45, 2.75) is 56.8 Å². The molecule has 0 saturated carbocycles. The van der Waals surface area contributed by atoms with Gasteiger partial charge in [0.15, 0.2) is 0 Å². The Morgan fingerprint density at radius 2 is 1.90 bits per heavy atom. The number of nitrogens with one attached hydrogen (secondary N) is 1. The standard InChI is InChI=1S/C16H22Cl2N2O/c1-20-13-3-2-4-14(20)8-12(7-13)19-9-10-5-11(17)6-15(18)16(10)21/h5-6,12-14,19,21H,2-4,7-9H2,1H3. The van der Waals surface area contributed by atoms with Crippen LogP contribution in [0, 0.1) is 0 Å². The molecule has 0 amide bonds. The lowest BCUT2D eigenvalue weighted by Crippen LogP contribution is -2.54. The van der Waals surface area contributed by atoms with Crippen LogP contribution in [-0.2, 0) is 6.54 Å². The van der Waals surface area contributed by atoms with Gasteiger partial charge in [-0.15, -0.1) is 0 Å². The Balaban J connectivity index is 1.63. The van der Waals surface area contributed by atoms with Crippen molar-refractivity contribution < 1.29 is 5.11 Å². The topological polar surface area (TPSA) is 35.5 Å². The maximum atomic E-state index is 10.0. The Kier molecular flexibility index (Phi) is 4.65. The summed E-state index contributed by atoms with van der Waals surface area (Å²) in [5.74, 6) is 0.140. The predicted octanol–water partition coefficient (Wildman–Crippen LogP) is 3.80. The number of nitrogens with zero attached hydrogens (tertiary/aromatic N) is 1. The lowest BCUT2D eigenvalue weighted by molar-refractivity contribution is 0.0482. The second kappa shape index (κ2) is 6.33. The van der Waals surface area contributed by atoms with Gasteiger partial charge in [-0.3, -0.25) is 0 Å². The molecule has 2 fully saturated rings. The zero-order chi connectivity index (χ0) is 15.0. The summed E-state index contributed by atoms with van der Waals surface area (Å²) in [6.07, 6.45) is 6.33. The highest BCUT2D eigenvalue weighted by atomic mass is 35.5. The number of fused-ring (bicyclic) bond motifs is 2. The number of hydrogen-bond donors (Lipinski definition) is 2. The second-order valence-corrected chi connectivity index (χ2v) is 7.19. The van der Waals surface area contributed by atoms with E-state index in [-0.39, 0.29) is 5.75 Å². The molecule has 2 N–H and O–H groups in total. The van der Waals surface area contributed by atoms with E-state index in [2.05, 4.69) is 17.3 Å². The van der Waals surface area contributed by atoms with Crippen LogP contribution in [-0.4, -0.2) is 35.2 Å². The molecule has 5 heteroatoms. The number of rotatable bonds is 3. The molecule has 0 radical (unpaired) electrons. The summed E-state index contributed by atoms with van der Waals surface area (Å²) < 4.78 is 0. The first-order valence-corrected chi connectivity index (χ1v) is 8.42. The van der Waals surface area contributed by atoms with Crippen LogP contribution in [0.5, 0.6) is 5.75 Å². The number of halogens is 2. The van der Waals surface area contributed by atoms with Gasteiger partial charge in [-0.2, -0.15) is 0 Å². The summed E-state index contributed by atoms with van der Waals surface area (Å²) in [6.45, 7) is 0.611.